The summed E-state index contributed by atoms with van der Waals surface area (Å²) in [5.74, 6) is 0. The van der Waals surface area contributed by atoms with Crippen LogP contribution < -0.4 is 0 Å². The summed E-state index contributed by atoms with van der Waals surface area (Å²) in [6.45, 7) is 4.18. The standard InChI is InChI=1S/C24H38O/c1-3-5-6-7-8-9-10-11-12-13-14-15-16-17-18-19-20-21-22-23-24(25)4-2/h5-6,8-9,11-12,14-15,17-18,20-21,24-25H,3-4,7,10,13,16,19,22-23H2,1-2H3. The zero-order valence-electron chi connectivity index (χ0n) is 16.3. The molecule has 0 spiro atoms. The lowest BCUT2D eigenvalue weighted by atomic mass is 10.1. The summed E-state index contributed by atoms with van der Waals surface area (Å²) in [4.78, 5) is 0. The normalized spacial score (nSPS) is 14.5. The van der Waals surface area contributed by atoms with Gasteiger partial charge in [-0.2, -0.15) is 0 Å². The Balaban J connectivity index is 3.51. The van der Waals surface area contributed by atoms with Gasteiger partial charge in [0.1, 0.15) is 0 Å². The average molecular weight is 343 g/mol. The molecule has 0 aliphatic rings. The van der Waals surface area contributed by atoms with Gasteiger partial charge >= 0.3 is 0 Å². The van der Waals surface area contributed by atoms with Gasteiger partial charge in [0.25, 0.3) is 0 Å². The minimum absolute atomic E-state index is 0.140. The van der Waals surface area contributed by atoms with Crippen molar-refractivity contribution >= 4 is 0 Å². The van der Waals surface area contributed by atoms with E-state index in [-0.39, 0.29) is 6.10 Å². The van der Waals surface area contributed by atoms with E-state index in [9.17, 15) is 5.11 Å². The second kappa shape index (κ2) is 20.4. The highest BCUT2D eigenvalue weighted by molar-refractivity contribution is 5.01. The summed E-state index contributed by atoms with van der Waals surface area (Å²) in [5, 5.41) is 9.44. The maximum Gasteiger partial charge on any atom is 0.0540 e. The molecule has 0 saturated heterocycles. The van der Waals surface area contributed by atoms with Gasteiger partial charge < -0.3 is 5.11 Å². The molecule has 1 atom stereocenters. The van der Waals surface area contributed by atoms with Crippen LogP contribution in [-0.4, -0.2) is 11.2 Å². The number of aliphatic hydroxyl groups excluding tert-OH is 1. The number of allylic oxidation sites excluding steroid dienone is 12. The van der Waals surface area contributed by atoms with Gasteiger partial charge in [0.05, 0.1) is 6.10 Å². The second-order valence-electron chi connectivity index (χ2n) is 6.05. The van der Waals surface area contributed by atoms with Gasteiger partial charge in [-0.1, -0.05) is 86.8 Å². The summed E-state index contributed by atoms with van der Waals surface area (Å²) in [5.41, 5.74) is 0. The Morgan fingerprint density at radius 1 is 0.560 bits per heavy atom. The Labute approximate surface area is 156 Å². The smallest absolute Gasteiger partial charge is 0.0540 e. The van der Waals surface area contributed by atoms with Gasteiger partial charge in [0.15, 0.2) is 0 Å². The molecule has 0 rings (SSSR count). The molecule has 0 aromatic carbocycles. The third kappa shape index (κ3) is 20.4. The van der Waals surface area contributed by atoms with E-state index in [0.29, 0.717) is 0 Å². The summed E-state index contributed by atoms with van der Waals surface area (Å²) in [6.07, 6.45) is 35.2. The van der Waals surface area contributed by atoms with Gasteiger partial charge in [-0.05, 0) is 57.8 Å². The Morgan fingerprint density at radius 2 is 0.920 bits per heavy atom. The summed E-state index contributed by atoms with van der Waals surface area (Å²) in [7, 11) is 0. The Hall–Kier alpha value is -1.60. The monoisotopic (exact) mass is 342 g/mol. The SMILES string of the molecule is CCC=CCC=CCC=CCC=CCC=CCC=CCCC(O)CC. The van der Waals surface area contributed by atoms with Gasteiger partial charge in [0, 0.05) is 0 Å². The minimum Gasteiger partial charge on any atom is -0.393 e. The fourth-order valence-electron chi connectivity index (χ4n) is 2.13. The van der Waals surface area contributed by atoms with E-state index in [4.69, 9.17) is 0 Å². The van der Waals surface area contributed by atoms with Crippen LogP contribution >= 0.6 is 0 Å². The van der Waals surface area contributed by atoms with Crippen molar-refractivity contribution in [3.8, 4) is 0 Å². The van der Waals surface area contributed by atoms with E-state index < -0.39 is 0 Å². The highest BCUT2D eigenvalue weighted by Gasteiger charge is 1.96. The summed E-state index contributed by atoms with van der Waals surface area (Å²) in [6, 6.07) is 0. The zero-order chi connectivity index (χ0) is 18.4. The number of hydrogen-bond acceptors (Lipinski definition) is 1. The predicted molar refractivity (Wildman–Crippen MR) is 114 cm³/mol. The first-order valence-electron chi connectivity index (χ1n) is 9.89. The summed E-state index contributed by atoms with van der Waals surface area (Å²) < 4.78 is 0. The maximum atomic E-state index is 9.44. The molecule has 1 N–H and O–H groups in total. The number of aliphatic hydroxyl groups is 1. The molecular weight excluding hydrogens is 304 g/mol. The van der Waals surface area contributed by atoms with Crippen molar-refractivity contribution in [3.63, 3.8) is 0 Å². The maximum absolute atomic E-state index is 9.44. The van der Waals surface area contributed by atoms with E-state index >= 15 is 0 Å². The lowest BCUT2D eigenvalue weighted by Crippen LogP contribution is -2.02. The van der Waals surface area contributed by atoms with E-state index in [2.05, 4.69) is 79.8 Å². The first-order chi connectivity index (χ1) is 12.3. The molecule has 1 unspecified atom stereocenters. The molecule has 0 heterocycles. The van der Waals surface area contributed by atoms with Crippen LogP contribution in [0.4, 0.5) is 0 Å². The molecule has 0 bridgehead atoms. The van der Waals surface area contributed by atoms with E-state index in [1.165, 1.54) is 0 Å². The van der Waals surface area contributed by atoms with Crippen LogP contribution in [0.1, 0.15) is 71.6 Å². The van der Waals surface area contributed by atoms with Crippen LogP contribution in [-0.2, 0) is 0 Å². The van der Waals surface area contributed by atoms with Crippen LogP contribution in [0.15, 0.2) is 72.9 Å². The van der Waals surface area contributed by atoms with Crippen molar-refractivity contribution in [2.24, 2.45) is 0 Å². The Kier molecular flexibility index (Phi) is 19.1. The molecule has 25 heavy (non-hydrogen) atoms. The van der Waals surface area contributed by atoms with Crippen molar-refractivity contribution in [2.75, 3.05) is 0 Å². The van der Waals surface area contributed by atoms with Gasteiger partial charge in [-0.3, -0.25) is 0 Å². The predicted octanol–water partition coefficient (Wildman–Crippen LogP) is 7.24. The fraction of sp³-hybridized carbons (Fsp3) is 0.500. The van der Waals surface area contributed by atoms with Crippen LogP contribution in [0.3, 0.4) is 0 Å². The largest absolute Gasteiger partial charge is 0.393 e. The van der Waals surface area contributed by atoms with Gasteiger partial charge in [0.2, 0.25) is 0 Å². The lowest BCUT2D eigenvalue weighted by molar-refractivity contribution is 0.161. The highest BCUT2D eigenvalue weighted by Crippen LogP contribution is 2.02. The number of rotatable bonds is 15. The van der Waals surface area contributed by atoms with E-state index in [0.717, 1.165) is 57.8 Å². The quantitative estimate of drug-likeness (QED) is 0.311. The first kappa shape index (κ1) is 23.4. The molecule has 0 radical (unpaired) electrons. The molecule has 140 valence electrons. The van der Waals surface area contributed by atoms with Crippen molar-refractivity contribution in [3.05, 3.63) is 72.9 Å². The molecule has 1 nitrogen and oxygen atoms in total. The Bertz CT molecular complexity index is 435. The van der Waals surface area contributed by atoms with Crippen molar-refractivity contribution in [1.29, 1.82) is 0 Å². The molecule has 0 fully saturated rings. The third-order valence-electron chi connectivity index (χ3n) is 3.73. The lowest BCUT2D eigenvalue weighted by Gasteiger charge is -2.03. The van der Waals surface area contributed by atoms with E-state index in [1.54, 1.807) is 0 Å². The first-order valence-corrected chi connectivity index (χ1v) is 9.89. The van der Waals surface area contributed by atoms with Crippen LogP contribution in [0.25, 0.3) is 0 Å². The zero-order valence-corrected chi connectivity index (χ0v) is 16.3. The highest BCUT2D eigenvalue weighted by atomic mass is 16.3. The third-order valence-corrected chi connectivity index (χ3v) is 3.73. The number of hydrogen-bond donors (Lipinski definition) is 1. The molecule has 0 aromatic heterocycles. The van der Waals surface area contributed by atoms with Crippen LogP contribution in [0.2, 0.25) is 0 Å². The average Bonchev–Trinajstić information content (AvgIpc) is 2.63. The fourth-order valence-corrected chi connectivity index (χ4v) is 2.13. The molecule has 0 amide bonds. The molecule has 0 aromatic rings. The Morgan fingerprint density at radius 3 is 1.28 bits per heavy atom. The summed E-state index contributed by atoms with van der Waals surface area (Å²) >= 11 is 0. The van der Waals surface area contributed by atoms with E-state index in [1.807, 2.05) is 6.92 Å². The van der Waals surface area contributed by atoms with Crippen LogP contribution in [0.5, 0.6) is 0 Å². The van der Waals surface area contributed by atoms with Crippen molar-refractivity contribution in [2.45, 2.75) is 77.7 Å². The topological polar surface area (TPSA) is 20.2 Å². The second-order valence-corrected chi connectivity index (χ2v) is 6.05. The molecular formula is C24H38O. The van der Waals surface area contributed by atoms with Crippen molar-refractivity contribution in [1.82, 2.24) is 0 Å². The molecule has 0 aliphatic carbocycles. The van der Waals surface area contributed by atoms with Crippen LogP contribution in [0, 0.1) is 0 Å². The van der Waals surface area contributed by atoms with Gasteiger partial charge in [-0.25, -0.2) is 0 Å². The molecule has 0 aliphatic heterocycles. The minimum atomic E-state index is -0.140. The molecule has 1 heteroatoms. The van der Waals surface area contributed by atoms with Gasteiger partial charge in [-0.15, -0.1) is 0 Å². The molecule has 0 saturated carbocycles. The van der Waals surface area contributed by atoms with Crippen molar-refractivity contribution < 1.29 is 5.11 Å².